The number of nitrogens with one attached hydrogen (secondary N) is 2. The number of carbonyl (C=O) groups is 1. The van der Waals surface area contributed by atoms with Crippen LogP contribution in [0, 0.1) is 0 Å². The summed E-state index contributed by atoms with van der Waals surface area (Å²) in [4.78, 5) is 21.1. The van der Waals surface area contributed by atoms with Gasteiger partial charge in [-0.05, 0) is 17.7 Å². The highest BCUT2D eigenvalue weighted by Gasteiger charge is 2.19. The fourth-order valence-corrected chi connectivity index (χ4v) is 3.32. The molecule has 0 saturated carbocycles. The second kappa shape index (κ2) is 10.3. The van der Waals surface area contributed by atoms with Crippen LogP contribution in [-0.4, -0.2) is 56.5 Å². The number of aliphatic imine (C=N–C) groups is 1. The number of carbonyl (C=O) groups excluding carboxylic acids is 1. The van der Waals surface area contributed by atoms with Gasteiger partial charge in [0.2, 0.25) is 5.91 Å². The Morgan fingerprint density at radius 2 is 1.57 bits per heavy atom. The van der Waals surface area contributed by atoms with Gasteiger partial charge in [0.1, 0.15) is 0 Å². The number of benzene rings is 2. The minimum absolute atomic E-state index is 0.0423. The quantitative estimate of drug-likeness (QED) is 0.596. The van der Waals surface area contributed by atoms with Gasteiger partial charge in [-0.2, -0.15) is 0 Å². The Hall–Kier alpha value is -3.02. The molecule has 0 spiro atoms. The predicted octanol–water partition coefficient (Wildman–Crippen LogP) is 2.09. The fraction of sp³-hybridized carbons (Fsp3) is 0.364. The minimum atomic E-state index is 0.0423. The summed E-state index contributed by atoms with van der Waals surface area (Å²) in [5, 5.41) is 6.27. The van der Waals surface area contributed by atoms with Crippen molar-refractivity contribution in [1.29, 1.82) is 0 Å². The van der Waals surface area contributed by atoms with Crippen LogP contribution in [0.1, 0.15) is 12.0 Å². The molecule has 6 heteroatoms. The molecule has 28 heavy (non-hydrogen) atoms. The lowest BCUT2D eigenvalue weighted by molar-refractivity contribution is -0.121. The molecule has 2 aromatic carbocycles. The zero-order valence-electron chi connectivity index (χ0n) is 16.5. The molecule has 0 radical (unpaired) electrons. The largest absolute Gasteiger partial charge is 0.368 e. The fourth-order valence-electron chi connectivity index (χ4n) is 3.32. The maximum Gasteiger partial charge on any atom is 0.222 e. The Labute approximate surface area is 167 Å². The Bertz CT molecular complexity index is 755. The van der Waals surface area contributed by atoms with Crippen molar-refractivity contribution >= 4 is 17.6 Å². The van der Waals surface area contributed by atoms with E-state index in [0.717, 1.165) is 37.7 Å². The smallest absolute Gasteiger partial charge is 0.222 e. The molecule has 148 valence electrons. The molecule has 1 fully saturated rings. The lowest BCUT2D eigenvalue weighted by Gasteiger charge is -2.37. The normalized spacial score (nSPS) is 14.7. The highest BCUT2D eigenvalue weighted by Crippen LogP contribution is 2.15. The molecule has 2 N–H and O–H groups in total. The van der Waals surface area contributed by atoms with Gasteiger partial charge in [-0.1, -0.05) is 48.5 Å². The lowest BCUT2D eigenvalue weighted by Crippen LogP contribution is -2.52. The molecule has 0 unspecified atom stereocenters. The van der Waals surface area contributed by atoms with Gasteiger partial charge < -0.3 is 20.4 Å². The van der Waals surface area contributed by atoms with E-state index >= 15 is 0 Å². The Balaban J connectivity index is 1.37. The van der Waals surface area contributed by atoms with Gasteiger partial charge in [0.25, 0.3) is 0 Å². The first kappa shape index (κ1) is 19.7. The summed E-state index contributed by atoms with van der Waals surface area (Å²) in [5.74, 6) is 0.907. The number of hydrogen-bond donors (Lipinski definition) is 2. The van der Waals surface area contributed by atoms with Crippen molar-refractivity contribution in [1.82, 2.24) is 15.5 Å². The van der Waals surface area contributed by atoms with Crippen molar-refractivity contribution in [3.05, 3.63) is 66.2 Å². The van der Waals surface area contributed by atoms with Gasteiger partial charge in [-0.3, -0.25) is 9.79 Å². The number of anilines is 1. The summed E-state index contributed by atoms with van der Waals surface area (Å²) in [6.45, 7) is 4.89. The molecule has 0 aliphatic carbocycles. The van der Waals surface area contributed by atoms with E-state index in [-0.39, 0.29) is 5.91 Å². The van der Waals surface area contributed by atoms with Crippen molar-refractivity contribution in [3.8, 4) is 0 Å². The van der Waals surface area contributed by atoms with Crippen LogP contribution in [-0.2, 0) is 11.3 Å². The number of nitrogens with zero attached hydrogens (tertiary/aromatic N) is 3. The second-order valence-electron chi connectivity index (χ2n) is 6.80. The van der Waals surface area contributed by atoms with Crippen molar-refractivity contribution in [2.24, 2.45) is 4.99 Å². The molecule has 2 aromatic rings. The second-order valence-corrected chi connectivity index (χ2v) is 6.80. The van der Waals surface area contributed by atoms with Crippen LogP contribution in [0.5, 0.6) is 0 Å². The SMILES string of the molecule is CN=C(NCCC(=O)NCc1ccccc1)N1CCN(c2ccccc2)CC1. The third-order valence-corrected chi connectivity index (χ3v) is 4.88. The van der Waals surface area contributed by atoms with Crippen LogP contribution in [0.15, 0.2) is 65.7 Å². The number of hydrogen-bond acceptors (Lipinski definition) is 3. The maximum atomic E-state index is 12.1. The summed E-state index contributed by atoms with van der Waals surface area (Å²) >= 11 is 0. The molecule has 1 aliphatic rings. The number of amides is 1. The number of guanidine groups is 1. The molecule has 1 heterocycles. The van der Waals surface area contributed by atoms with E-state index < -0.39 is 0 Å². The van der Waals surface area contributed by atoms with Crippen molar-refractivity contribution in [2.45, 2.75) is 13.0 Å². The highest BCUT2D eigenvalue weighted by molar-refractivity contribution is 5.81. The summed E-state index contributed by atoms with van der Waals surface area (Å²) in [6.07, 6.45) is 0.426. The number of para-hydroxylation sites is 1. The highest BCUT2D eigenvalue weighted by atomic mass is 16.1. The van der Waals surface area contributed by atoms with Gasteiger partial charge in [0.05, 0.1) is 0 Å². The lowest BCUT2D eigenvalue weighted by atomic mass is 10.2. The Morgan fingerprint density at radius 3 is 2.21 bits per heavy atom. The van der Waals surface area contributed by atoms with Crippen LogP contribution >= 0.6 is 0 Å². The average molecular weight is 380 g/mol. The number of rotatable bonds is 6. The van der Waals surface area contributed by atoms with Gasteiger partial charge in [0, 0.05) is 58.4 Å². The van der Waals surface area contributed by atoms with E-state index in [1.165, 1.54) is 5.69 Å². The molecule has 1 saturated heterocycles. The molecule has 3 rings (SSSR count). The molecule has 1 amide bonds. The predicted molar refractivity (Wildman–Crippen MR) is 114 cm³/mol. The zero-order valence-corrected chi connectivity index (χ0v) is 16.5. The summed E-state index contributed by atoms with van der Waals surface area (Å²) in [5.41, 5.74) is 2.37. The van der Waals surface area contributed by atoms with Gasteiger partial charge in [-0.15, -0.1) is 0 Å². The third-order valence-electron chi connectivity index (χ3n) is 4.88. The van der Waals surface area contributed by atoms with Crippen molar-refractivity contribution in [2.75, 3.05) is 44.7 Å². The number of piperazine rings is 1. The Kier molecular flexibility index (Phi) is 7.29. The summed E-state index contributed by atoms with van der Waals surface area (Å²) in [6, 6.07) is 20.4. The van der Waals surface area contributed by atoms with E-state index in [0.29, 0.717) is 19.5 Å². The molecule has 0 atom stereocenters. The van der Waals surface area contributed by atoms with Gasteiger partial charge in [-0.25, -0.2) is 0 Å². The van der Waals surface area contributed by atoms with Crippen LogP contribution in [0.25, 0.3) is 0 Å². The standard InChI is InChI=1S/C22H29N5O/c1-23-22(24-13-12-21(28)25-18-19-8-4-2-5-9-19)27-16-14-26(15-17-27)20-10-6-3-7-11-20/h2-11H,12-18H2,1H3,(H,23,24)(H,25,28). The van der Waals surface area contributed by atoms with Crippen LogP contribution < -0.4 is 15.5 Å². The van der Waals surface area contributed by atoms with Crippen LogP contribution in [0.4, 0.5) is 5.69 Å². The Morgan fingerprint density at radius 1 is 0.929 bits per heavy atom. The monoisotopic (exact) mass is 379 g/mol. The van der Waals surface area contributed by atoms with Crippen LogP contribution in [0.3, 0.4) is 0 Å². The summed E-state index contributed by atoms with van der Waals surface area (Å²) in [7, 11) is 1.79. The van der Waals surface area contributed by atoms with Crippen molar-refractivity contribution < 1.29 is 4.79 Å². The zero-order chi connectivity index (χ0) is 19.6. The van der Waals surface area contributed by atoms with Gasteiger partial charge >= 0.3 is 0 Å². The van der Waals surface area contributed by atoms with Gasteiger partial charge in [0.15, 0.2) is 5.96 Å². The first-order valence-corrected chi connectivity index (χ1v) is 9.82. The minimum Gasteiger partial charge on any atom is -0.368 e. The molecular weight excluding hydrogens is 350 g/mol. The van der Waals surface area contributed by atoms with E-state index in [1.807, 2.05) is 36.4 Å². The third kappa shape index (κ3) is 5.74. The molecular formula is C22H29N5O. The van der Waals surface area contributed by atoms with E-state index in [1.54, 1.807) is 7.05 Å². The van der Waals surface area contributed by atoms with E-state index in [4.69, 9.17) is 0 Å². The molecule has 0 aromatic heterocycles. The van der Waals surface area contributed by atoms with E-state index in [9.17, 15) is 4.79 Å². The van der Waals surface area contributed by atoms with E-state index in [2.05, 4.69) is 49.7 Å². The maximum absolute atomic E-state index is 12.1. The first-order chi connectivity index (χ1) is 13.8. The topological polar surface area (TPSA) is 60.0 Å². The molecule has 1 aliphatic heterocycles. The van der Waals surface area contributed by atoms with Crippen molar-refractivity contribution in [3.63, 3.8) is 0 Å². The molecule has 6 nitrogen and oxygen atoms in total. The average Bonchev–Trinajstić information content (AvgIpc) is 2.77. The summed E-state index contributed by atoms with van der Waals surface area (Å²) < 4.78 is 0. The molecule has 0 bridgehead atoms. The van der Waals surface area contributed by atoms with Crippen LogP contribution in [0.2, 0.25) is 0 Å². The first-order valence-electron chi connectivity index (χ1n) is 9.82.